The summed E-state index contributed by atoms with van der Waals surface area (Å²) in [5, 5.41) is 2.78. The minimum absolute atomic E-state index is 0.212. The summed E-state index contributed by atoms with van der Waals surface area (Å²) < 4.78 is 11.1. The van der Waals surface area contributed by atoms with Gasteiger partial charge in [-0.3, -0.25) is 4.79 Å². The van der Waals surface area contributed by atoms with E-state index in [0.717, 1.165) is 0 Å². The molecule has 0 aliphatic carbocycles. The highest BCUT2D eigenvalue weighted by Crippen LogP contribution is 2.34. The van der Waals surface area contributed by atoms with Crippen molar-refractivity contribution in [3.05, 3.63) is 46.7 Å². The molecule has 1 aromatic heterocycles. The third-order valence-corrected chi connectivity index (χ3v) is 3.09. The minimum atomic E-state index is -0.223. The molecule has 96 valence electrons. The van der Waals surface area contributed by atoms with Gasteiger partial charge in [0.2, 0.25) is 6.79 Å². The first-order chi connectivity index (χ1) is 9.22. The molecule has 0 saturated carbocycles. The number of pyridine rings is 1. The quantitative estimate of drug-likeness (QED) is 0.864. The molecular formula is C13H9BrN2O3. The van der Waals surface area contributed by atoms with Crippen molar-refractivity contribution >= 4 is 27.5 Å². The van der Waals surface area contributed by atoms with E-state index in [9.17, 15) is 4.79 Å². The molecule has 2 aromatic rings. The number of amides is 1. The Hall–Kier alpha value is -2.08. The number of benzene rings is 1. The summed E-state index contributed by atoms with van der Waals surface area (Å²) in [5.41, 5.74) is 1.14. The predicted molar refractivity (Wildman–Crippen MR) is 72.5 cm³/mol. The topological polar surface area (TPSA) is 60.5 Å². The lowest BCUT2D eigenvalue weighted by atomic mass is 10.2. The van der Waals surface area contributed by atoms with E-state index in [4.69, 9.17) is 9.47 Å². The molecule has 0 saturated heterocycles. The highest BCUT2D eigenvalue weighted by Gasteiger charge is 2.14. The van der Waals surface area contributed by atoms with Gasteiger partial charge in [-0.15, -0.1) is 0 Å². The molecular weight excluding hydrogens is 312 g/mol. The zero-order valence-electron chi connectivity index (χ0n) is 9.72. The lowest BCUT2D eigenvalue weighted by molar-refractivity contribution is 0.102. The molecule has 1 aliphatic rings. The molecule has 1 amide bonds. The van der Waals surface area contributed by atoms with Crippen LogP contribution in [0.2, 0.25) is 0 Å². The first-order valence-corrected chi connectivity index (χ1v) is 6.34. The maximum Gasteiger partial charge on any atom is 0.257 e. The molecule has 0 unspecified atom stereocenters. The van der Waals surface area contributed by atoms with Crippen LogP contribution in [0.15, 0.2) is 41.1 Å². The minimum Gasteiger partial charge on any atom is -0.454 e. The number of halogens is 1. The lowest BCUT2D eigenvalue weighted by Gasteiger charge is -2.06. The van der Waals surface area contributed by atoms with Crippen molar-refractivity contribution in [3.8, 4) is 11.5 Å². The van der Waals surface area contributed by atoms with Gasteiger partial charge in [-0.2, -0.15) is 0 Å². The number of carbonyl (C=O) groups excluding carboxylic acids is 1. The number of carbonyl (C=O) groups is 1. The van der Waals surface area contributed by atoms with Crippen molar-refractivity contribution in [3.63, 3.8) is 0 Å². The van der Waals surface area contributed by atoms with Crippen LogP contribution in [-0.2, 0) is 0 Å². The van der Waals surface area contributed by atoms with Crippen LogP contribution in [0.1, 0.15) is 10.4 Å². The maximum absolute atomic E-state index is 12.0. The fourth-order valence-electron chi connectivity index (χ4n) is 1.69. The number of fused-ring (bicyclic) bond motifs is 1. The number of anilines is 1. The Morgan fingerprint density at radius 2 is 2.05 bits per heavy atom. The molecule has 0 bridgehead atoms. The first kappa shape index (κ1) is 12.0. The summed E-state index contributed by atoms with van der Waals surface area (Å²) in [6, 6.07) is 8.66. The van der Waals surface area contributed by atoms with Gasteiger partial charge >= 0.3 is 0 Å². The highest BCUT2D eigenvalue weighted by atomic mass is 79.9. The van der Waals surface area contributed by atoms with Gasteiger partial charge in [0, 0.05) is 18.0 Å². The number of hydrogen-bond acceptors (Lipinski definition) is 4. The zero-order valence-corrected chi connectivity index (χ0v) is 11.3. The van der Waals surface area contributed by atoms with Gasteiger partial charge in [-0.05, 0) is 40.2 Å². The summed E-state index contributed by atoms with van der Waals surface area (Å²) in [6.07, 6.45) is 1.51. The van der Waals surface area contributed by atoms with Gasteiger partial charge in [0.1, 0.15) is 4.60 Å². The van der Waals surface area contributed by atoms with Crippen LogP contribution in [0.25, 0.3) is 0 Å². The monoisotopic (exact) mass is 320 g/mol. The largest absolute Gasteiger partial charge is 0.454 e. The standard InChI is InChI=1S/C13H9BrN2O3/c14-12-4-1-8(6-15-12)13(17)16-9-2-3-10-11(5-9)19-7-18-10/h1-6H,7H2,(H,16,17). The van der Waals surface area contributed by atoms with Crippen LogP contribution in [-0.4, -0.2) is 17.7 Å². The van der Waals surface area contributed by atoms with E-state index in [0.29, 0.717) is 27.4 Å². The lowest BCUT2D eigenvalue weighted by Crippen LogP contribution is -2.11. The molecule has 19 heavy (non-hydrogen) atoms. The molecule has 0 fully saturated rings. The SMILES string of the molecule is O=C(Nc1ccc2c(c1)OCO2)c1ccc(Br)nc1. The summed E-state index contributed by atoms with van der Waals surface area (Å²) in [5.74, 6) is 1.09. The summed E-state index contributed by atoms with van der Waals surface area (Å²) in [7, 11) is 0. The summed E-state index contributed by atoms with van der Waals surface area (Å²) in [4.78, 5) is 16.0. The number of nitrogens with one attached hydrogen (secondary N) is 1. The van der Waals surface area contributed by atoms with Crippen molar-refractivity contribution < 1.29 is 14.3 Å². The van der Waals surface area contributed by atoms with E-state index in [1.165, 1.54) is 6.20 Å². The van der Waals surface area contributed by atoms with Crippen LogP contribution in [0, 0.1) is 0 Å². The van der Waals surface area contributed by atoms with Crippen molar-refractivity contribution in [1.29, 1.82) is 0 Å². The van der Waals surface area contributed by atoms with Crippen LogP contribution in [0.4, 0.5) is 5.69 Å². The molecule has 1 aromatic carbocycles. The Morgan fingerprint density at radius 3 is 2.84 bits per heavy atom. The average Bonchev–Trinajstić information content (AvgIpc) is 2.87. The van der Waals surface area contributed by atoms with Crippen LogP contribution >= 0.6 is 15.9 Å². The molecule has 5 nitrogen and oxygen atoms in total. The van der Waals surface area contributed by atoms with Crippen molar-refractivity contribution in [2.75, 3.05) is 12.1 Å². The summed E-state index contributed by atoms with van der Waals surface area (Å²) >= 11 is 3.22. The molecule has 6 heteroatoms. The van der Waals surface area contributed by atoms with Gasteiger partial charge in [0.15, 0.2) is 11.5 Å². The molecule has 3 rings (SSSR count). The van der Waals surface area contributed by atoms with E-state index in [-0.39, 0.29) is 12.7 Å². The number of ether oxygens (including phenoxy) is 2. The van der Waals surface area contributed by atoms with Gasteiger partial charge in [0.05, 0.1) is 5.56 Å². The Labute approximate surface area is 117 Å². The van der Waals surface area contributed by atoms with Crippen molar-refractivity contribution in [2.24, 2.45) is 0 Å². The Balaban J connectivity index is 1.77. The summed E-state index contributed by atoms with van der Waals surface area (Å²) in [6.45, 7) is 0.212. The fraction of sp³-hybridized carbons (Fsp3) is 0.0769. The number of nitrogens with zero attached hydrogens (tertiary/aromatic N) is 1. The van der Waals surface area contributed by atoms with Gasteiger partial charge in [-0.1, -0.05) is 0 Å². The number of aromatic nitrogens is 1. The Kier molecular flexibility index (Phi) is 3.08. The molecule has 1 N–H and O–H groups in total. The van der Waals surface area contributed by atoms with Crippen molar-refractivity contribution in [1.82, 2.24) is 4.98 Å². The number of rotatable bonds is 2. The first-order valence-electron chi connectivity index (χ1n) is 5.55. The fourth-order valence-corrected chi connectivity index (χ4v) is 1.92. The van der Waals surface area contributed by atoms with Crippen LogP contribution in [0.5, 0.6) is 11.5 Å². The van der Waals surface area contributed by atoms with E-state index in [1.54, 1.807) is 30.3 Å². The molecule has 0 spiro atoms. The normalized spacial score (nSPS) is 12.3. The average molecular weight is 321 g/mol. The third-order valence-electron chi connectivity index (χ3n) is 2.62. The molecule has 0 atom stereocenters. The van der Waals surface area contributed by atoms with Gasteiger partial charge < -0.3 is 14.8 Å². The van der Waals surface area contributed by atoms with Gasteiger partial charge in [-0.25, -0.2) is 4.98 Å². The van der Waals surface area contributed by atoms with Crippen LogP contribution < -0.4 is 14.8 Å². The second-order valence-corrected chi connectivity index (χ2v) is 4.70. The Morgan fingerprint density at radius 1 is 1.21 bits per heavy atom. The third kappa shape index (κ3) is 2.53. The smallest absolute Gasteiger partial charge is 0.257 e. The molecule has 2 heterocycles. The van der Waals surface area contributed by atoms with E-state index >= 15 is 0 Å². The molecule has 1 aliphatic heterocycles. The van der Waals surface area contributed by atoms with E-state index in [2.05, 4.69) is 26.2 Å². The predicted octanol–water partition coefficient (Wildman–Crippen LogP) is 2.83. The second kappa shape index (κ2) is 4.89. The van der Waals surface area contributed by atoms with Crippen molar-refractivity contribution in [2.45, 2.75) is 0 Å². The van der Waals surface area contributed by atoms with Gasteiger partial charge in [0.25, 0.3) is 5.91 Å². The maximum atomic E-state index is 12.0. The Bertz CT molecular complexity index is 628. The highest BCUT2D eigenvalue weighted by molar-refractivity contribution is 9.10. The zero-order chi connectivity index (χ0) is 13.2. The van der Waals surface area contributed by atoms with Crippen LogP contribution in [0.3, 0.4) is 0 Å². The van der Waals surface area contributed by atoms with E-state index < -0.39 is 0 Å². The molecule has 0 radical (unpaired) electrons. The van der Waals surface area contributed by atoms with E-state index in [1.807, 2.05) is 0 Å². The second-order valence-electron chi connectivity index (χ2n) is 3.89. The number of hydrogen-bond donors (Lipinski definition) is 1.